The van der Waals surface area contributed by atoms with E-state index in [1.807, 2.05) is 12.1 Å². The highest BCUT2D eigenvalue weighted by Gasteiger charge is 2.24. The zero-order valence-corrected chi connectivity index (χ0v) is 12.4. The zero-order valence-electron chi connectivity index (χ0n) is 12.4. The number of piperidine rings is 1. The van der Waals surface area contributed by atoms with Crippen LogP contribution in [0.3, 0.4) is 0 Å². The summed E-state index contributed by atoms with van der Waals surface area (Å²) in [6.45, 7) is 4.28. The lowest BCUT2D eigenvalue weighted by Gasteiger charge is -2.32. The van der Waals surface area contributed by atoms with Crippen molar-refractivity contribution >= 4 is 5.97 Å². The third-order valence-electron chi connectivity index (χ3n) is 4.56. The van der Waals surface area contributed by atoms with E-state index in [2.05, 4.69) is 10.2 Å². The van der Waals surface area contributed by atoms with E-state index in [1.54, 1.807) is 12.1 Å². The molecule has 2 N–H and O–H groups in total. The third kappa shape index (κ3) is 4.29. The molecule has 114 valence electrons. The van der Waals surface area contributed by atoms with Gasteiger partial charge >= 0.3 is 5.97 Å². The minimum absolute atomic E-state index is 0.385. The van der Waals surface area contributed by atoms with Crippen LogP contribution in [0.15, 0.2) is 24.3 Å². The largest absolute Gasteiger partial charge is 0.478 e. The maximum Gasteiger partial charge on any atom is 0.335 e. The minimum atomic E-state index is -0.846. The lowest BCUT2D eigenvalue weighted by molar-refractivity contribution is 0.0696. The van der Waals surface area contributed by atoms with Gasteiger partial charge in [0.25, 0.3) is 0 Å². The Morgan fingerprint density at radius 1 is 1.24 bits per heavy atom. The smallest absolute Gasteiger partial charge is 0.335 e. The number of likely N-dealkylation sites (tertiary alicyclic amines) is 1. The fourth-order valence-corrected chi connectivity index (χ4v) is 3.03. The summed E-state index contributed by atoms with van der Waals surface area (Å²) in [5, 5.41) is 12.7. The molecular formula is C17H24N2O2. The standard InChI is InChI=1S/C17H24N2O2/c20-17(21)15-3-1-2-14(10-15)12-19-8-6-13(7-9-19)11-18-16-4-5-16/h1-3,10,13,16,18H,4-9,11-12H2,(H,20,21). The second kappa shape index (κ2) is 6.58. The minimum Gasteiger partial charge on any atom is -0.478 e. The molecule has 0 spiro atoms. The molecule has 2 fully saturated rings. The van der Waals surface area contributed by atoms with Gasteiger partial charge in [-0.05, 0) is 68.9 Å². The fourth-order valence-electron chi connectivity index (χ4n) is 3.03. The van der Waals surface area contributed by atoms with Gasteiger partial charge in [-0.2, -0.15) is 0 Å². The number of carboxylic acid groups (broad SMARTS) is 1. The summed E-state index contributed by atoms with van der Waals surface area (Å²) in [4.78, 5) is 13.4. The molecule has 1 aromatic carbocycles. The molecule has 4 nitrogen and oxygen atoms in total. The molecule has 0 unspecified atom stereocenters. The van der Waals surface area contributed by atoms with Gasteiger partial charge in [-0.3, -0.25) is 4.90 Å². The molecule has 1 heterocycles. The van der Waals surface area contributed by atoms with Crippen molar-refractivity contribution in [2.24, 2.45) is 5.92 Å². The molecule has 0 aromatic heterocycles. The van der Waals surface area contributed by atoms with Crippen molar-refractivity contribution < 1.29 is 9.90 Å². The highest BCUT2D eigenvalue weighted by atomic mass is 16.4. The van der Waals surface area contributed by atoms with Gasteiger partial charge in [0.1, 0.15) is 0 Å². The van der Waals surface area contributed by atoms with Crippen molar-refractivity contribution in [2.45, 2.75) is 38.3 Å². The van der Waals surface area contributed by atoms with Gasteiger partial charge in [0.2, 0.25) is 0 Å². The average molecular weight is 288 g/mol. The van der Waals surface area contributed by atoms with Gasteiger partial charge in [0.15, 0.2) is 0 Å². The number of hydrogen-bond acceptors (Lipinski definition) is 3. The quantitative estimate of drug-likeness (QED) is 0.843. The molecule has 21 heavy (non-hydrogen) atoms. The molecule has 3 rings (SSSR count). The van der Waals surface area contributed by atoms with Crippen LogP contribution >= 0.6 is 0 Å². The molecule has 1 saturated heterocycles. The zero-order chi connectivity index (χ0) is 14.7. The average Bonchev–Trinajstić information content (AvgIpc) is 3.31. The van der Waals surface area contributed by atoms with Crippen molar-refractivity contribution in [1.29, 1.82) is 0 Å². The Bertz CT molecular complexity index is 491. The van der Waals surface area contributed by atoms with Crippen LogP contribution in [0.4, 0.5) is 0 Å². The van der Waals surface area contributed by atoms with E-state index in [0.717, 1.165) is 37.2 Å². The second-order valence-corrected chi connectivity index (χ2v) is 6.41. The predicted molar refractivity (Wildman–Crippen MR) is 82.4 cm³/mol. The molecule has 0 atom stereocenters. The Kier molecular flexibility index (Phi) is 4.56. The van der Waals surface area contributed by atoms with E-state index >= 15 is 0 Å². The Balaban J connectivity index is 1.46. The maximum absolute atomic E-state index is 11.0. The monoisotopic (exact) mass is 288 g/mol. The van der Waals surface area contributed by atoms with E-state index in [-0.39, 0.29) is 0 Å². The van der Waals surface area contributed by atoms with Gasteiger partial charge in [0, 0.05) is 12.6 Å². The van der Waals surface area contributed by atoms with E-state index in [9.17, 15) is 4.79 Å². The van der Waals surface area contributed by atoms with Gasteiger partial charge < -0.3 is 10.4 Å². The van der Waals surface area contributed by atoms with Crippen LogP contribution in [-0.2, 0) is 6.54 Å². The molecule has 1 aliphatic heterocycles. The number of aromatic carboxylic acids is 1. The summed E-state index contributed by atoms with van der Waals surface area (Å²) in [5.41, 5.74) is 1.49. The van der Waals surface area contributed by atoms with Gasteiger partial charge in [-0.15, -0.1) is 0 Å². The van der Waals surface area contributed by atoms with Crippen LogP contribution in [0.5, 0.6) is 0 Å². The molecule has 2 aliphatic rings. The lowest BCUT2D eigenvalue weighted by atomic mass is 9.96. The van der Waals surface area contributed by atoms with Crippen molar-refractivity contribution in [2.75, 3.05) is 19.6 Å². The van der Waals surface area contributed by atoms with E-state index in [1.165, 1.54) is 32.2 Å². The normalized spacial score (nSPS) is 20.6. The molecular weight excluding hydrogens is 264 g/mol. The first-order valence-corrected chi connectivity index (χ1v) is 7.98. The second-order valence-electron chi connectivity index (χ2n) is 6.41. The van der Waals surface area contributed by atoms with Gasteiger partial charge in [0.05, 0.1) is 5.56 Å². The number of benzene rings is 1. The van der Waals surface area contributed by atoms with Crippen LogP contribution in [0.1, 0.15) is 41.6 Å². The number of hydrogen-bond donors (Lipinski definition) is 2. The summed E-state index contributed by atoms with van der Waals surface area (Å²) in [5.74, 6) is -0.0334. The Labute approximate surface area is 126 Å². The van der Waals surface area contributed by atoms with Crippen LogP contribution in [0.2, 0.25) is 0 Å². The topological polar surface area (TPSA) is 52.6 Å². The van der Waals surface area contributed by atoms with Crippen LogP contribution in [0.25, 0.3) is 0 Å². The summed E-state index contributed by atoms with van der Waals surface area (Å²) in [7, 11) is 0. The highest BCUT2D eigenvalue weighted by Crippen LogP contribution is 2.22. The molecule has 4 heteroatoms. The number of carbonyl (C=O) groups is 1. The molecule has 0 amide bonds. The first-order valence-electron chi connectivity index (χ1n) is 7.98. The summed E-state index contributed by atoms with van der Waals surface area (Å²) < 4.78 is 0. The molecule has 1 aliphatic carbocycles. The van der Waals surface area contributed by atoms with E-state index in [4.69, 9.17) is 5.11 Å². The van der Waals surface area contributed by atoms with Crippen molar-refractivity contribution in [3.63, 3.8) is 0 Å². The van der Waals surface area contributed by atoms with Crippen LogP contribution < -0.4 is 5.32 Å². The number of nitrogens with zero attached hydrogens (tertiary/aromatic N) is 1. The van der Waals surface area contributed by atoms with Crippen molar-refractivity contribution in [3.8, 4) is 0 Å². The predicted octanol–water partition coefficient (Wildman–Crippen LogP) is 2.35. The first kappa shape index (κ1) is 14.5. The Morgan fingerprint density at radius 3 is 2.67 bits per heavy atom. The van der Waals surface area contributed by atoms with E-state index in [0.29, 0.717) is 5.56 Å². The highest BCUT2D eigenvalue weighted by molar-refractivity contribution is 5.87. The molecule has 0 radical (unpaired) electrons. The fraction of sp³-hybridized carbons (Fsp3) is 0.588. The number of rotatable bonds is 6. The van der Waals surface area contributed by atoms with Crippen LogP contribution in [-0.4, -0.2) is 41.7 Å². The number of carboxylic acids is 1. The molecule has 1 aromatic rings. The molecule has 0 bridgehead atoms. The van der Waals surface area contributed by atoms with Gasteiger partial charge in [-0.1, -0.05) is 12.1 Å². The Hall–Kier alpha value is -1.39. The Morgan fingerprint density at radius 2 is 2.00 bits per heavy atom. The third-order valence-corrected chi connectivity index (χ3v) is 4.56. The maximum atomic E-state index is 11.0. The summed E-state index contributed by atoms with van der Waals surface area (Å²) in [6.07, 6.45) is 5.22. The van der Waals surface area contributed by atoms with Crippen LogP contribution in [0, 0.1) is 5.92 Å². The summed E-state index contributed by atoms with van der Waals surface area (Å²) in [6, 6.07) is 8.12. The first-order chi connectivity index (χ1) is 10.2. The molecule has 1 saturated carbocycles. The SMILES string of the molecule is O=C(O)c1cccc(CN2CCC(CNC3CC3)CC2)c1. The van der Waals surface area contributed by atoms with E-state index < -0.39 is 5.97 Å². The van der Waals surface area contributed by atoms with Crippen molar-refractivity contribution in [1.82, 2.24) is 10.2 Å². The lowest BCUT2D eigenvalue weighted by Crippen LogP contribution is -2.37. The van der Waals surface area contributed by atoms with Crippen molar-refractivity contribution in [3.05, 3.63) is 35.4 Å². The van der Waals surface area contributed by atoms with Gasteiger partial charge in [-0.25, -0.2) is 4.79 Å². The summed E-state index contributed by atoms with van der Waals surface area (Å²) >= 11 is 0. The number of nitrogens with one attached hydrogen (secondary N) is 1.